The van der Waals surface area contributed by atoms with Crippen molar-refractivity contribution in [2.75, 3.05) is 37.8 Å². The zero-order valence-corrected chi connectivity index (χ0v) is 20.2. The molecule has 176 valence electrons. The summed E-state index contributed by atoms with van der Waals surface area (Å²) in [5.41, 5.74) is 14.6. The van der Waals surface area contributed by atoms with Gasteiger partial charge in [0.2, 0.25) is 0 Å². The Balaban J connectivity index is 0.00000385. The van der Waals surface area contributed by atoms with Crippen molar-refractivity contribution in [2.45, 2.75) is 13.1 Å². The monoisotopic (exact) mass is 489 g/mol. The van der Waals surface area contributed by atoms with E-state index in [0.29, 0.717) is 37.6 Å². The number of hydrogen-bond donors (Lipinski definition) is 2. The Morgan fingerprint density at radius 2 is 1.73 bits per heavy atom. The zero-order valence-electron chi connectivity index (χ0n) is 18.5. The van der Waals surface area contributed by atoms with E-state index in [0.717, 1.165) is 11.1 Å². The highest BCUT2D eigenvalue weighted by molar-refractivity contribution is 7.09. The smallest absolute Gasteiger partial charge is 0.325 e. The molecule has 0 saturated heterocycles. The van der Waals surface area contributed by atoms with Crippen molar-refractivity contribution in [1.82, 2.24) is 19.8 Å². The van der Waals surface area contributed by atoms with E-state index in [1.807, 2.05) is 41.9 Å². The maximum absolute atomic E-state index is 13.8. The lowest BCUT2D eigenvalue weighted by molar-refractivity contribution is 0.0995. The van der Waals surface area contributed by atoms with Gasteiger partial charge in [0.25, 0.3) is 5.91 Å². The number of nitrogens with two attached hydrogens (primary N) is 2. The summed E-state index contributed by atoms with van der Waals surface area (Å²) in [5, 5.41) is 3.69. The molecule has 9 nitrogen and oxygen atoms in total. The maximum atomic E-state index is 13.8. The number of hydrogen-bond acceptors (Lipinski definition) is 7. The fourth-order valence-corrected chi connectivity index (χ4v) is 3.79. The average Bonchev–Trinajstić information content (AvgIpc) is 3.21. The normalized spacial score (nSPS) is 10.5. The lowest BCUT2D eigenvalue weighted by atomic mass is 10.2. The molecule has 0 aliphatic rings. The zero-order chi connectivity index (χ0) is 23.1. The molecule has 3 aromatic heterocycles. The Bertz CT molecular complexity index is 1040. The minimum Gasteiger partial charge on any atom is -0.396 e. The van der Waals surface area contributed by atoms with Gasteiger partial charge in [0.15, 0.2) is 0 Å². The molecule has 0 bridgehead atoms. The molecule has 3 rings (SSSR count). The minimum absolute atomic E-state index is 0. The number of carbonyl (C=O) groups excluding carboxylic acids is 2. The molecular weight excluding hydrogens is 462 g/mol. The SMILES string of the molecule is CN(C)CCN(Cc1ccc(C(N)=O)nc1)C(=O)N(Cc1ccncc1)c1cscc1N.Cl. The second-order valence-electron chi connectivity index (χ2n) is 7.58. The molecule has 0 saturated carbocycles. The van der Waals surface area contributed by atoms with Crippen LogP contribution >= 0.6 is 23.7 Å². The van der Waals surface area contributed by atoms with Crippen molar-refractivity contribution in [3.8, 4) is 0 Å². The number of nitrogens with zero attached hydrogens (tertiary/aromatic N) is 5. The van der Waals surface area contributed by atoms with Crippen LogP contribution in [-0.4, -0.2) is 58.9 Å². The first kappa shape index (κ1) is 26.0. The first-order valence-corrected chi connectivity index (χ1v) is 11.0. The second kappa shape index (κ2) is 12.1. The van der Waals surface area contributed by atoms with E-state index in [2.05, 4.69) is 9.97 Å². The molecule has 3 aromatic rings. The van der Waals surface area contributed by atoms with E-state index in [9.17, 15) is 9.59 Å². The number of aromatic nitrogens is 2. The number of halogens is 1. The molecule has 3 heterocycles. The van der Waals surface area contributed by atoms with Gasteiger partial charge in [-0.05, 0) is 43.4 Å². The molecule has 0 aliphatic heterocycles. The van der Waals surface area contributed by atoms with Crippen molar-refractivity contribution in [2.24, 2.45) is 5.73 Å². The van der Waals surface area contributed by atoms with Gasteiger partial charge in [0.1, 0.15) is 5.69 Å². The van der Waals surface area contributed by atoms with E-state index < -0.39 is 5.91 Å². The second-order valence-corrected chi connectivity index (χ2v) is 8.32. The van der Waals surface area contributed by atoms with Crippen LogP contribution < -0.4 is 16.4 Å². The molecule has 0 spiro atoms. The maximum Gasteiger partial charge on any atom is 0.325 e. The fraction of sp³-hybridized carbons (Fsp3) is 0.273. The van der Waals surface area contributed by atoms with Crippen LogP contribution in [0, 0.1) is 0 Å². The highest BCUT2D eigenvalue weighted by Gasteiger charge is 2.25. The summed E-state index contributed by atoms with van der Waals surface area (Å²) in [5.74, 6) is -0.589. The van der Waals surface area contributed by atoms with Crippen LogP contribution in [0.4, 0.5) is 16.2 Å². The summed E-state index contributed by atoms with van der Waals surface area (Å²) in [7, 11) is 3.91. The molecule has 3 amide bonds. The van der Waals surface area contributed by atoms with Crippen molar-refractivity contribution in [3.05, 3.63) is 70.4 Å². The van der Waals surface area contributed by atoms with Gasteiger partial charge < -0.3 is 21.3 Å². The summed E-state index contributed by atoms with van der Waals surface area (Å²) in [6.45, 7) is 1.87. The Labute approximate surface area is 203 Å². The molecule has 0 fully saturated rings. The highest BCUT2D eigenvalue weighted by atomic mass is 35.5. The van der Waals surface area contributed by atoms with Crippen LogP contribution in [0.2, 0.25) is 0 Å². The number of rotatable bonds is 9. The van der Waals surface area contributed by atoms with Gasteiger partial charge in [-0.2, -0.15) is 0 Å². The van der Waals surface area contributed by atoms with Gasteiger partial charge in [-0.15, -0.1) is 23.7 Å². The number of likely N-dealkylation sites (N-methyl/N-ethyl adjacent to an activating group) is 1. The number of pyridine rings is 2. The molecule has 0 atom stereocenters. The number of carbonyl (C=O) groups is 2. The number of primary amides is 1. The quantitative estimate of drug-likeness (QED) is 0.476. The van der Waals surface area contributed by atoms with E-state index in [1.165, 1.54) is 11.3 Å². The Morgan fingerprint density at radius 1 is 1.00 bits per heavy atom. The number of anilines is 2. The molecule has 11 heteroatoms. The van der Waals surface area contributed by atoms with Gasteiger partial charge in [-0.3, -0.25) is 19.7 Å². The topological polar surface area (TPSA) is 122 Å². The van der Waals surface area contributed by atoms with E-state index in [4.69, 9.17) is 11.5 Å². The summed E-state index contributed by atoms with van der Waals surface area (Å²) in [4.78, 5) is 38.7. The molecule has 0 aromatic carbocycles. The third kappa shape index (κ3) is 7.14. The Hall–Kier alpha value is -3.21. The third-order valence-electron chi connectivity index (χ3n) is 4.82. The summed E-state index contributed by atoms with van der Waals surface area (Å²) >= 11 is 1.45. The predicted octanol–water partition coefficient (Wildman–Crippen LogP) is 2.83. The summed E-state index contributed by atoms with van der Waals surface area (Å²) < 4.78 is 0. The fourth-order valence-electron chi connectivity index (χ4n) is 3.06. The summed E-state index contributed by atoms with van der Waals surface area (Å²) in [6.07, 6.45) is 4.97. The minimum atomic E-state index is -0.589. The van der Waals surface area contributed by atoms with Crippen LogP contribution in [0.5, 0.6) is 0 Å². The molecule has 0 unspecified atom stereocenters. The molecule has 33 heavy (non-hydrogen) atoms. The van der Waals surface area contributed by atoms with Gasteiger partial charge >= 0.3 is 6.03 Å². The van der Waals surface area contributed by atoms with Crippen molar-refractivity contribution in [1.29, 1.82) is 0 Å². The van der Waals surface area contributed by atoms with Gasteiger partial charge in [0.05, 0.1) is 17.9 Å². The van der Waals surface area contributed by atoms with Crippen LogP contribution in [-0.2, 0) is 13.1 Å². The Kier molecular flexibility index (Phi) is 9.58. The summed E-state index contributed by atoms with van der Waals surface area (Å²) in [6, 6.07) is 6.90. The largest absolute Gasteiger partial charge is 0.396 e. The van der Waals surface area contributed by atoms with Gasteiger partial charge in [-0.25, -0.2) is 4.79 Å². The number of nitrogen functional groups attached to an aromatic ring is 1. The van der Waals surface area contributed by atoms with Crippen LogP contribution in [0.15, 0.2) is 53.6 Å². The lowest BCUT2D eigenvalue weighted by Gasteiger charge is -2.31. The van der Waals surface area contributed by atoms with Crippen LogP contribution in [0.25, 0.3) is 0 Å². The van der Waals surface area contributed by atoms with Crippen molar-refractivity contribution >= 4 is 47.1 Å². The van der Waals surface area contributed by atoms with Crippen LogP contribution in [0.3, 0.4) is 0 Å². The van der Waals surface area contributed by atoms with Crippen molar-refractivity contribution < 1.29 is 9.59 Å². The van der Waals surface area contributed by atoms with E-state index >= 15 is 0 Å². The standard InChI is InChI=1S/C22H27N7O2S.ClH/c1-27(2)9-10-28(12-17-3-4-19(21(24)30)26-11-17)22(31)29(20-15-32-14-18(20)23)13-16-5-7-25-8-6-16;/h3-8,11,14-15H,9-10,12-13,23H2,1-2H3,(H2,24,30);1H. The van der Waals surface area contributed by atoms with E-state index in [1.54, 1.807) is 40.5 Å². The molecule has 0 aliphatic carbocycles. The number of urea groups is 1. The van der Waals surface area contributed by atoms with Crippen LogP contribution in [0.1, 0.15) is 21.6 Å². The first-order valence-electron chi connectivity index (χ1n) is 10.0. The van der Waals surface area contributed by atoms with Gasteiger partial charge in [0, 0.05) is 49.0 Å². The highest BCUT2D eigenvalue weighted by Crippen LogP contribution is 2.30. The molecule has 4 N–H and O–H groups in total. The van der Waals surface area contributed by atoms with E-state index in [-0.39, 0.29) is 24.1 Å². The number of amides is 3. The van der Waals surface area contributed by atoms with Gasteiger partial charge in [-0.1, -0.05) is 6.07 Å². The average molecular weight is 490 g/mol. The number of thiophene rings is 1. The molecule has 0 radical (unpaired) electrons. The Morgan fingerprint density at radius 3 is 2.27 bits per heavy atom. The molecular formula is C22H28ClN7O2S. The first-order chi connectivity index (χ1) is 15.3. The lowest BCUT2D eigenvalue weighted by Crippen LogP contribution is -2.45. The van der Waals surface area contributed by atoms with Crippen molar-refractivity contribution in [3.63, 3.8) is 0 Å². The third-order valence-corrected chi connectivity index (χ3v) is 5.57. The predicted molar refractivity (Wildman–Crippen MR) is 134 cm³/mol.